The van der Waals surface area contributed by atoms with E-state index in [0.717, 1.165) is 34.2 Å². The number of nitrogens with one attached hydrogen (secondary N) is 1. The van der Waals surface area contributed by atoms with E-state index in [1.54, 1.807) is 43.8 Å². The lowest BCUT2D eigenvalue weighted by Crippen LogP contribution is -2.50. The second kappa shape index (κ2) is 9.30. The first-order chi connectivity index (χ1) is 15.1. The SMILES string of the molecule is CCOc1ccc2nc(N3CCN(C(=O)Nc4ccc(OC)c(OC)c4)CC3)sc2c1. The second-order valence-corrected chi connectivity index (χ2v) is 8.04. The van der Waals surface area contributed by atoms with Gasteiger partial charge in [-0.15, -0.1) is 0 Å². The molecule has 0 unspecified atom stereocenters. The van der Waals surface area contributed by atoms with Crippen LogP contribution < -0.4 is 24.4 Å². The van der Waals surface area contributed by atoms with Crippen molar-refractivity contribution in [1.82, 2.24) is 9.88 Å². The number of nitrogens with zero attached hydrogens (tertiary/aromatic N) is 3. The number of rotatable bonds is 6. The number of piperazine rings is 1. The molecule has 2 heterocycles. The molecule has 9 heteroatoms. The molecule has 0 radical (unpaired) electrons. The van der Waals surface area contributed by atoms with Crippen molar-refractivity contribution in [3.8, 4) is 17.2 Å². The summed E-state index contributed by atoms with van der Waals surface area (Å²) in [5.41, 5.74) is 1.64. The molecule has 0 bridgehead atoms. The fourth-order valence-electron chi connectivity index (χ4n) is 3.50. The molecule has 8 nitrogen and oxygen atoms in total. The minimum atomic E-state index is -0.127. The van der Waals surface area contributed by atoms with Gasteiger partial charge in [0, 0.05) is 37.9 Å². The van der Waals surface area contributed by atoms with Gasteiger partial charge in [0.25, 0.3) is 0 Å². The fraction of sp³-hybridized carbons (Fsp3) is 0.364. The van der Waals surface area contributed by atoms with Crippen molar-refractivity contribution in [2.75, 3.05) is 57.2 Å². The molecule has 1 aliphatic rings. The number of thiazole rings is 1. The summed E-state index contributed by atoms with van der Waals surface area (Å²) in [6, 6.07) is 11.2. The van der Waals surface area contributed by atoms with Crippen LogP contribution in [-0.2, 0) is 0 Å². The first-order valence-electron chi connectivity index (χ1n) is 10.2. The highest BCUT2D eigenvalue weighted by Crippen LogP contribution is 2.32. The normalized spacial score (nSPS) is 13.9. The van der Waals surface area contributed by atoms with Gasteiger partial charge in [0.2, 0.25) is 0 Å². The Balaban J connectivity index is 1.37. The molecular weight excluding hydrogens is 416 g/mol. The molecule has 0 spiro atoms. The number of ether oxygens (including phenoxy) is 3. The molecule has 0 saturated carbocycles. The smallest absolute Gasteiger partial charge is 0.321 e. The molecular formula is C22H26N4O4S. The molecule has 164 valence electrons. The summed E-state index contributed by atoms with van der Waals surface area (Å²) in [7, 11) is 3.15. The predicted molar refractivity (Wildman–Crippen MR) is 123 cm³/mol. The predicted octanol–water partition coefficient (Wildman–Crippen LogP) is 4.07. The number of hydrogen-bond acceptors (Lipinski definition) is 7. The van der Waals surface area contributed by atoms with E-state index in [2.05, 4.69) is 10.2 Å². The topological polar surface area (TPSA) is 76.2 Å². The lowest BCUT2D eigenvalue weighted by molar-refractivity contribution is 0.208. The van der Waals surface area contributed by atoms with Gasteiger partial charge in [0.05, 0.1) is 31.0 Å². The monoisotopic (exact) mass is 442 g/mol. The van der Waals surface area contributed by atoms with Crippen LogP contribution in [0.4, 0.5) is 15.6 Å². The van der Waals surface area contributed by atoms with E-state index in [9.17, 15) is 4.79 Å². The van der Waals surface area contributed by atoms with E-state index in [4.69, 9.17) is 19.2 Å². The van der Waals surface area contributed by atoms with Crippen molar-refractivity contribution < 1.29 is 19.0 Å². The third-order valence-electron chi connectivity index (χ3n) is 5.13. The van der Waals surface area contributed by atoms with Crippen molar-refractivity contribution >= 4 is 38.4 Å². The quantitative estimate of drug-likeness (QED) is 0.620. The van der Waals surface area contributed by atoms with E-state index in [1.807, 2.05) is 30.0 Å². The third kappa shape index (κ3) is 4.61. The van der Waals surface area contributed by atoms with Crippen molar-refractivity contribution in [3.05, 3.63) is 36.4 Å². The fourth-order valence-corrected chi connectivity index (χ4v) is 4.55. The average molecular weight is 443 g/mol. The van der Waals surface area contributed by atoms with Gasteiger partial charge in [-0.3, -0.25) is 0 Å². The number of urea groups is 1. The van der Waals surface area contributed by atoms with Crippen LogP contribution in [-0.4, -0.2) is 62.9 Å². The Bertz CT molecular complexity index is 1060. The summed E-state index contributed by atoms with van der Waals surface area (Å²) in [6.07, 6.45) is 0. The lowest BCUT2D eigenvalue weighted by Gasteiger charge is -2.34. The van der Waals surface area contributed by atoms with Crippen molar-refractivity contribution in [2.24, 2.45) is 0 Å². The molecule has 1 aliphatic heterocycles. The van der Waals surface area contributed by atoms with Crippen LogP contribution in [0, 0.1) is 0 Å². The molecule has 0 atom stereocenters. The maximum Gasteiger partial charge on any atom is 0.321 e. The minimum Gasteiger partial charge on any atom is -0.494 e. The van der Waals surface area contributed by atoms with Gasteiger partial charge in [-0.2, -0.15) is 0 Å². The first-order valence-corrected chi connectivity index (χ1v) is 11.0. The van der Waals surface area contributed by atoms with Gasteiger partial charge < -0.3 is 29.3 Å². The zero-order valence-corrected chi connectivity index (χ0v) is 18.7. The Hall–Kier alpha value is -3.20. The summed E-state index contributed by atoms with van der Waals surface area (Å²) in [5.74, 6) is 2.06. The molecule has 1 aromatic heterocycles. The molecule has 4 rings (SSSR count). The summed E-state index contributed by atoms with van der Waals surface area (Å²) in [4.78, 5) is 21.5. The molecule has 1 N–H and O–H groups in total. The van der Waals surface area contributed by atoms with Crippen molar-refractivity contribution in [3.63, 3.8) is 0 Å². The number of aromatic nitrogens is 1. The molecule has 1 fully saturated rings. The van der Waals surface area contributed by atoms with Crippen LogP contribution in [0.5, 0.6) is 17.2 Å². The molecule has 0 aliphatic carbocycles. The van der Waals surface area contributed by atoms with Crippen LogP contribution in [0.25, 0.3) is 10.2 Å². The number of carbonyl (C=O) groups excluding carboxylic acids is 1. The Morgan fingerprint density at radius 1 is 1.06 bits per heavy atom. The van der Waals surface area contributed by atoms with Crippen LogP contribution in [0.2, 0.25) is 0 Å². The third-order valence-corrected chi connectivity index (χ3v) is 6.21. The molecule has 2 aromatic carbocycles. The Labute approximate surface area is 185 Å². The minimum absolute atomic E-state index is 0.127. The first kappa shape index (κ1) is 21.0. The van der Waals surface area contributed by atoms with E-state index >= 15 is 0 Å². The number of benzene rings is 2. The Kier molecular flexibility index (Phi) is 6.31. The maximum absolute atomic E-state index is 12.7. The standard InChI is InChI=1S/C22H26N4O4S/c1-4-30-16-6-7-17-20(14-16)31-22(24-17)26-11-9-25(10-12-26)21(27)23-15-5-8-18(28-2)19(13-15)29-3/h5-8,13-14H,4,9-12H2,1-3H3,(H,23,27). The van der Waals surface area contributed by atoms with Crippen LogP contribution in [0.1, 0.15) is 6.92 Å². The number of carbonyl (C=O) groups is 1. The number of fused-ring (bicyclic) bond motifs is 1. The summed E-state index contributed by atoms with van der Waals surface area (Å²) in [5, 5.41) is 3.91. The van der Waals surface area contributed by atoms with E-state index in [1.165, 1.54) is 0 Å². The molecule has 2 amide bonds. The highest BCUT2D eigenvalue weighted by molar-refractivity contribution is 7.22. The summed E-state index contributed by atoms with van der Waals surface area (Å²) in [6.45, 7) is 5.33. The Morgan fingerprint density at radius 3 is 2.55 bits per heavy atom. The van der Waals surface area contributed by atoms with Gasteiger partial charge >= 0.3 is 6.03 Å². The van der Waals surface area contributed by atoms with E-state index in [0.29, 0.717) is 36.9 Å². The van der Waals surface area contributed by atoms with Gasteiger partial charge in [-0.1, -0.05) is 11.3 Å². The largest absolute Gasteiger partial charge is 0.494 e. The average Bonchev–Trinajstić information content (AvgIpc) is 3.22. The highest BCUT2D eigenvalue weighted by atomic mass is 32.1. The molecule has 31 heavy (non-hydrogen) atoms. The van der Waals surface area contributed by atoms with Crippen molar-refractivity contribution in [1.29, 1.82) is 0 Å². The van der Waals surface area contributed by atoms with Gasteiger partial charge in [0.15, 0.2) is 16.6 Å². The van der Waals surface area contributed by atoms with Crippen LogP contribution in [0.3, 0.4) is 0 Å². The van der Waals surface area contributed by atoms with Crippen molar-refractivity contribution in [2.45, 2.75) is 6.92 Å². The van der Waals surface area contributed by atoms with Gasteiger partial charge in [-0.05, 0) is 37.3 Å². The summed E-state index contributed by atoms with van der Waals surface area (Å²) >= 11 is 1.65. The van der Waals surface area contributed by atoms with Gasteiger partial charge in [-0.25, -0.2) is 9.78 Å². The number of amides is 2. The highest BCUT2D eigenvalue weighted by Gasteiger charge is 2.23. The van der Waals surface area contributed by atoms with E-state index in [-0.39, 0.29) is 6.03 Å². The van der Waals surface area contributed by atoms with Crippen LogP contribution in [0.15, 0.2) is 36.4 Å². The maximum atomic E-state index is 12.7. The van der Waals surface area contributed by atoms with Gasteiger partial charge in [0.1, 0.15) is 5.75 Å². The Morgan fingerprint density at radius 2 is 1.84 bits per heavy atom. The second-order valence-electron chi connectivity index (χ2n) is 7.03. The zero-order chi connectivity index (χ0) is 21.8. The summed E-state index contributed by atoms with van der Waals surface area (Å²) < 4.78 is 17.2. The molecule has 3 aromatic rings. The number of hydrogen-bond donors (Lipinski definition) is 1. The van der Waals surface area contributed by atoms with Crippen LogP contribution >= 0.6 is 11.3 Å². The number of methoxy groups -OCH3 is 2. The molecule has 1 saturated heterocycles. The lowest BCUT2D eigenvalue weighted by atomic mass is 10.2. The zero-order valence-electron chi connectivity index (χ0n) is 17.9. The number of anilines is 2. The van der Waals surface area contributed by atoms with E-state index < -0.39 is 0 Å².